The number of amides is 1. The van der Waals surface area contributed by atoms with E-state index in [0.717, 1.165) is 11.1 Å². The molecule has 1 aliphatic rings. The van der Waals surface area contributed by atoms with Gasteiger partial charge in [0.2, 0.25) is 11.9 Å². The van der Waals surface area contributed by atoms with Gasteiger partial charge in [0, 0.05) is 12.6 Å². The second kappa shape index (κ2) is 7.50. The molecule has 1 amide bonds. The minimum atomic E-state index is -0.178. The lowest BCUT2D eigenvalue weighted by atomic mass is 9.82. The number of nitrogens with zero attached hydrogens (tertiary/aromatic N) is 2. The van der Waals surface area contributed by atoms with E-state index in [1.165, 1.54) is 6.20 Å². The lowest BCUT2D eigenvalue weighted by molar-refractivity contribution is -0.115. The Balaban J connectivity index is 1.51. The standard InChI is InChI=1S/C22H19N3O2/c26-20-13-17(16-9-5-2-6-10-16)12-19-18(20)14-23-22(24-19)25-21(27)11-15-7-3-1-4-8-15/h1-10,14,17H,11-13H2,(H,23,24,25,27). The van der Waals surface area contributed by atoms with Gasteiger partial charge in [-0.1, -0.05) is 60.7 Å². The molecule has 0 bridgehead atoms. The number of benzene rings is 2. The SMILES string of the molecule is O=C(Cc1ccccc1)Nc1ncc2c(n1)CC(c1ccccc1)CC2=O. The Morgan fingerprint density at radius 2 is 1.70 bits per heavy atom. The Labute approximate surface area is 157 Å². The lowest BCUT2D eigenvalue weighted by Gasteiger charge is -2.23. The quantitative estimate of drug-likeness (QED) is 0.775. The summed E-state index contributed by atoms with van der Waals surface area (Å²) in [4.78, 5) is 33.3. The van der Waals surface area contributed by atoms with Crippen molar-refractivity contribution in [2.24, 2.45) is 0 Å². The number of anilines is 1. The Bertz CT molecular complexity index is 971. The summed E-state index contributed by atoms with van der Waals surface area (Å²) in [5, 5.41) is 2.74. The Kier molecular flexibility index (Phi) is 4.75. The topological polar surface area (TPSA) is 72.0 Å². The molecule has 0 saturated carbocycles. The molecule has 0 fully saturated rings. The van der Waals surface area contributed by atoms with Gasteiger partial charge in [0.1, 0.15) is 0 Å². The molecule has 3 aromatic rings. The zero-order valence-corrected chi connectivity index (χ0v) is 14.8. The third-order valence-electron chi connectivity index (χ3n) is 4.77. The van der Waals surface area contributed by atoms with Gasteiger partial charge in [0.05, 0.1) is 17.7 Å². The number of carbonyl (C=O) groups excluding carboxylic acids is 2. The summed E-state index contributed by atoms with van der Waals surface area (Å²) in [6.07, 6.45) is 2.91. The van der Waals surface area contributed by atoms with Crippen molar-refractivity contribution >= 4 is 17.6 Å². The smallest absolute Gasteiger partial charge is 0.231 e. The van der Waals surface area contributed by atoms with E-state index in [2.05, 4.69) is 15.3 Å². The summed E-state index contributed by atoms with van der Waals surface area (Å²) in [6, 6.07) is 19.5. The van der Waals surface area contributed by atoms with Crippen LogP contribution in [-0.4, -0.2) is 21.7 Å². The van der Waals surface area contributed by atoms with E-state index in [4.69, 9.17) is 0 Å². The van der Waals surface area contributed by atoms with Crippen LogP contribution in [0.5, 0.6) is 0 Å². The predicted octanol–water partition coefficient (Wildman–Crippen LogP) is 3.57. The van der Waals surface area contributed by atoms with Crippen LogP contribution in [-0.2, 0) is 17.6 Å². The van der Waals surface area contributed by atoms with Crippen LogP contribution in [0.2, 0.25) is 0 Å². The van der Waals surface area contributed by atoms with Gasteiger partial charge in [-0.3, -0.25) is 14.9 Å². The highest BCUT2D eigenvalue weighted by molar-refractivity contribution is 5.99. The predicted molar refractivity (Wildman–Crippen MR) is 103 cm³/mol. The number of hydrogen-bond donors (Lipinski definition) is 1. The number of Topliss-reactive ketones (excluding diaryl/α,β-unsaturated/α-hetero) is 1. The minimum absolute atomic E-state index is 0.0484. The van der Waals surface area contributed by atoms with Crippen molar-refractivity contribution in [2.75, 3.05) is 5.32 Å². The van der Waals surface area contributed by atoms with Crippen LogP contribution in [0.3, 0.4) is 0 Å². The van der Waals surface area contributed by atoms with Crippen LogP contribution in [0.1, 0.15) is 39.5 Å². The van der Waals surface area contributed by atoms with E-state index < -0.39 is 0 Å². The van der Waals surface area contributed by atoms with Gasteiger partial charge < -0.3 is 0 Å². The average molecular weight is 357 g/mol. The van der Waals surface area contributed by atoms with Gasteiger partial charge in [-0.25, -0.2) is 9.97 Å². The molecule has 1 atom stereocenters. The van der Waals surface area contributed by atoms with E-state index in [9.17, 15) is 9.59 Å². The molecule has 0 radical (unpaired) electrons. The van der Waals surface area contributed by atoms with Crippen molar-refractivity contribution in [2.45, 2.75) is 25.2 Å². The highest BCUT2D eigenvalue weighted by Crippen LogP contribution is 2.31. The third kappa shape index (κ3) is 3.92. The van der Waals surface area contributed by atoms with Crippen molar-refractivity contribution in [1.82, 2.24) is 9.97 Å². The summed E-state index contributed by atoms with van der Waals surface area (Å²) in [7, 11) is 0. The maximum Gasteiger partial charge on any atom is 0.231 e. The zero-order chi connectivity index (χ0) is 18.6. The van der Waals surface area contributed by atoms with Gasteiger partial charge in [0.15, 0.2) is 5.78 Å². The maximum atomic E-state index is 12.5. The Morgan fingerprint density at radius 1 is 1.00 bits per heavy atom. The first-order valence-corrected chi connectivity index (χ1v) is 8.97. The van der Waals surface area contributed by atoms with Gasteiger partial charge in [-0.15, -0.1) is 0 Å². The Hall–Kier alpha value is -3.34. The summed E-state index contributed by atoms with van der Waals surface area (Å²) >= 11 is 0. The number of aromatic nitrogens is 2. The maximum absolute atomic E-state index is 12.5. The van der Waals surface area contributed by atoms with E-state index in [0.29, 0.717) is 24.1 Å². The highest BCUT2D eigenvalue weighted by Gasteiger charge is 2.28. The molecule has 5 heteroatoms. The minimum Gasteiger partial charge on any atom is -0.294 e. The zero-order valence-electron chi connectivity index (χ0n) is 14.8. The molecule has 0 aliphatic heterocycles. The van der Waals surface area contributed by atoms with E-state index in [1.54, 1.807) is 0 Å². The van der Waals surface area contributed by atoms with E-state index in [-0.39, 0.29) is 30.0 Å². The molecule has 0 saturated heterocycles. The molecule has 1 heterocycles. The van der Waals surface area contributed by atoms with Gasteiger partial charge in [-0.05, 0) is 23.5 Å². The normalized spacial score (nSPS) is 15.9. The summed E-state index contributed by atoms with van der Waals surface area (Å²) in [6.45, 7) is 0. The number of hydrogen-bond acceptors (Lipinski definition) is 4. The number of carbonyl (C=O) groups is 2. The van der Waals surface area contributed by atoms with Crippen LogP contribution in [0.15, 0.2) is 66.9 Å². The molecular formula is C22H19N3O2. The molecule has 1 N–H and O–H groups in total. The van der Waals surface area contributed by atoms with Gasteiger partial charge >= 0.3 is 0 Å². The number of ketones is 1. The monoisotopic (exact) mass is 357 g/mol. The first kappa shape index (κ1) is 17.1. The molecule has 1 unspecified atom stereocenters. The van der Waals surface area contributed by atoms with Crippen LogP contribution in [0.25, 0.3) is 0 Å². The first-order valence-electron chi connectivity index (χ1n) is 8.97. The van der Waals surface area contributed by atoms with Crippen molar-refractivity contribution < 1.29 is 9.59 Å². The highest BCUT2D eigenvalue weighted by atomic mass is 16.1. The molecule has 2 aromatic carbocycles. The molecule has 5 nitrogen and oxygen atoms in total. The Morgan fingerprint density at radius 3 is 2.44 bits per heavy atom. The third-order valence-corrected chi connectivity index (χ3v) is 4.77. The van der Waals surface area contributed by atoms with Crippen LogP contribution in [0, 0.1) is 0 Å². The van der Waals surface area contributed by atoms with E-state index >= 15 is 0 Å². The van der Waals surface area contributed by atoms with Crippen molar-refractivity contribution in [3.05, 3.63) is 89.2 Å². The lowest BCUT2D eigenvalue weighted by Crippen LogP contribution is -2.23. The summed E-state index contributed by atoms with van der Waals surface area (Å²) in [5.41, 5.74) is 3.31. The van der Waals surface area contributed by atoms with Crippen molar-refractivity contribution in [3.63, 3.8) is 0 Å². The molecular weight excluding hydrogens is 338 g/mol. The van der Waals surface area contributed by atoms with Crippen LogP contribution >= 0.6 is 0 Å². The van der Waals surface area contributed by atoms with Crippen molar-refractivity contribution in [1.29, 1.82) is 0 Å². The molecule has 27 heavy (non-hydrogen) atoms. The molecule has 0 spiro atoms. The fourth-order valence-electron chi connectivity index (χ4n) is 3.42. The fraction of sp³-hybridized carbons (Fsp3) is 0.182. The average Bonchev–Trinajstić information content (AvgIpc) is 2.69. The second-order valence-corrected chi connectivity index (χ2v) is 6.70. The van der Waals surface area contributed by atoms with Gasteiger partial charge in [0.25, 0.3) is 0 Å². The number of rotatable bonds is 4. The first-order chi connectivity index (χ1) is 13.2. The molecule has 4 rings (SSSR count). The molecule has 1 aliphatic carbocycles. The number of fused-ring (bicyclic) bond motifs is 1. The van der Waals surface area contributed by atoms with Crippen LogP contribution < -0.4 is 5.32 Å². The fourth-order valence-corrected chi connectivity index (χ4v) is 3.42. The van der Waals surface area contributed by atoms with Gasteiger partial charge in [-0.2, -0.15) is 0 Å². The van der Waals surface area contributed by atoms with Crippen molar-refractivity contribution in [3.8, 4) is 0 Å². The summed E-state index contributed by atoms with van der Waals surface area (Å²) < 4.78 is 0. The molecule has 1 aromatic heterocycles. The molecule has 134 valence electrons. The number of nitrogens with one attached hydrogen (secondary N) is 1. The van der Waals surface area contributed by atoms with Crippen LogP contribution in [0.4, 0.5) is 5.95 Å². The van der Waals surface area contributed by atoms with E-state index in [1.807, 2.05) is 60.7 Å². The second-order valence-electron chi connectivity index (χ2n) is 6.70. The largest absolute Gasteiger partial charge is 0.294 e. The summed E-state index contributed by atoms with van der Waals surface area (Å²) in [5.74, 6) is 0.223.